The summed E-state index contributed by atoms with van der Waals surface area (Å²) in [7, 11) is 3.50. The normalized spacial score (nSPS) is 16.3. The number of ether oxygens (including phenoxy) is 1. The number of rotatable bonds is 5. The molecular weight excluding hydrogens is 385 g/mol. The molecule has 2 N–H and O–H groups in total. The summed E-state index contributed by atoms with van der Waals surface area (Å²) in [6, 6.07) is 7.15. The highest BCUT2D eigenvalue weighted by Gasteiger charge is 2.18. The zero-order chi connectivity index (χ0) is 20.7. The zero-order valence-corrected chi connectivity index (χ0v) is 16.8. The molecule has 1 unspecified atom stereocenters. The average molecular weight is 407 g/mol. The Kier molecular flexibility index (Phi) is 4.59. The van der Waals surface area contributed by atoms with E-state index in [1.165, 1.54) is 6.07 Å². The fourth-order valence-electron chi connectivity index (χ4n) is 3.81. The number of hydrogen-bond donors (Lipinski definition) is 2. The van der Waals surface area contributed by atoms with Gasteiger partial charge in [0, 0.05) is 43.0 Å². The molecule has 154 valence electrons. The Hall–Kier alpha value is -3.46. The summed E-state index contributed by atoms with van der Waals surface area (Å²) in [4.78, 5) is 9.04. The van der Waals surface area contributed by atoms with Gasteiger partial charge < -0.3 is 15.4 Å². The molecular formula is C21H22FN7O. The molecule has 3 aromatic heterocycles. The number of nitrogens with zero attached hydrogens (tertiary/aromatic N) is 5. The van der Waals surface area contributed by atoms with Crippen LogP contribution in [0.15, 0.2) is 43.0 Å². The Balaban J connectivity index is 1.59. The molecule has 1 saturated heterocycles. The highest BCUT2D eigenvalue weighted by Crippen LogP contribution is 2.34. The number of hydrogen-bond acceptors (Lipinski definition) is 6. The first-order valence-electron chi connectivity index (χ1n) is 9.80. The lowest BCUT2D eigenvalue weighted by Gasteiger charge is -2.14. The van der Waals surface area contributed by atoms with Crippen molar-refractivity contribution in [3.63, 3.8) is 0 Å². The molecule has 1 aliphatic rings. The monoisotopic (exact) mass is 407 g/mol. The van der Waals surface area contributed by atoms with Crippen LogP contribution in [0.3, 0.4) is 0 Å². The fraction of sp³-hybridized carbons (Fsp3) is 0.286. The van der Waals surface area contributed by atoms with Gasteiger partial charge in [0.2, 0.25) is 0 Å². The number of aromatic nitrogens is 5. The van der Waals surface area contributed by atoms with Crippen LogP contribution in [0.1, 0.15) is 6.42 Å². The van der Waals surface area contributed by atoms with E-state index in [1.54, 1.807) is 30.4 Å². The van der Waals surface area contributed by atoms with E-state index in [4.69, 9.17) is 4.74 Å². The van der Waals surface area contributed by atoms with Gasteiger partial charge in [0.15, 0.2) is 11.6 Å². The van der Waals surface area contributed by atoms with Crippen molar-refractivity contribution in [1.82, 2.24) is 29.6 Å². The summed E-state index contributed by atoms with van der Waals surface area (Å²) < 4.78 is 23.5. The number of imidazole rings is 1. The van der Waals surface area contributed by atoms with Crippen LogP contribution in [0, 0.1) is 5.82 Å². The third-order valence-electron chi connectivity index (χ3n) is 5.36. The number of pyridine rings is 1. The molecule has 1 aliphatic heterocycles. The minimum Gasteiger partial charge on any atom is -0.496 e. The first kappa shape index (κ1) is 18.6. The molecule has 1 fully saturated rings. The second-order valence-electron chi connectivity index (χ2n) is 7.39. The van der Waals surface area contributed by atoms with Crippen LogP contribution in [-0.2, 0) is 7.05 Å². The minimum atomic E-state index is -0.368. The van der Waals surface area contributed by atoms with Crippen LogP contribution in [-0.4, -0.2) is 50.6 Å². The van der Waals surface area contributed by atoms with Crippen molar-refractivity contribution in [3.8, 4) is 22.7 Å². The van der Waals surface area contributed by atoms with Gasteiger partial charge in [0.25, 0.3) is 0 Å². The van der Waals surface area contributed by atoms with E-state index in [2.05, 4.69) is 25.7 Å². The van der Waals surface area contributed by atoms with Gasteiger partial charge >= 0.3 is 0 Å². The number of methoxy groups -OCH3 is 1. The largest absolute Gasteiger partial charge is 0.496 e. The molecule has 1 aromatic carbocycles. The van der Waals surface area contributed by atoms with Gasteiger partial charge in [0.05, 0.1) is 24.3 Å². The van der Waals surface area contributed by atoms with Crippen molar-refractivity contribution >= 4 is 16.9 Å². The Bertz CT molecular complexity index is 1210. The van der Waals surface area contributed by atoms with Crippen LogP contribution in [0.4, 0.5) is 10.2 Å². The molecule has 4 heterocycles. The molecule has 0 aliphatic carbocycles. The van der Waals surface area contributed by atoms with Crippen LogP contribution in [0.25, 0.3) is 28.0 Å². The van der Waals surface area contributed by atoms with Crippen LogP contribution < -0.4 is 15.4 Å². The quantitative estimate of drug-likeness (QED) is 0.530. The minimum absolute atomic E-state index is 0.170. The summed E-state index contributed by atoms with van der Waals surface area (Å²) in [6.07, 6.45) is 6.35. The number of anilines is 1. The summed E-state index contributed by atoms with van der Waals surface area (Å²) in [5.41, 5.74) is 3.45. The molecule has 0 saturated carbocycles. The topological polar surface area (TPSA) is 81.8 Å². The molecule has 5 rings (SSSR count). The summed E-state index contributed by atoms with van der Waals surface area (Å²) in [5, 5.41) is 10.7. The SMILES string of the molecule is COc1cc2ncn(-c3ccc(F)c(NC4CCNC4)n3)c2cc1-c1cnn(C)c1. The van der Waals surface area contributed by atoms with Crippen molar-refractivity contribution in [2.45, 2.75) is 12.5 Å². The van der Waals surface area contributed by atoms with E-state index in [0.717, 1.165) is 41.7 Å². The molecule has 9 heteroatoms. The predicted octanol–water partition coefficient (Wildman–Crippen LogP) is 2.74. The van der Waals surface area contributed by atoms with Crippen molar-refractivity contribution in [2.75, 3.05) is 25.5 Å². The molecule has 1 atom stereocenters. The van der Waals surface area contributed by atoms with E-state index in [0.29, 0.717) is 11.6 Å². The molecule has 0 bridgehead atoms. The Morgan fingerprint density at radius 1 is 1.30 bits per heavy atom. The lowest BCUT2D eigenvalue weighted by molar-refractivity contribution is 0.417. The van der Waals surface area contributed by atoms with Gasteiger partial charge in [-0.1, -0.05) is 0 Å². The maximum atomic E-state index is 14.4. The van der Waals surface area contributed by atoms with Crippen LogP contribution in [0.2, 0.25) is 0 Å². The Morgan fingerprint density at radius 3 is 2.93 bits per heavy atom. The number of benzene rings is 1. The molecule has 30 heavy (non-hydrogen) atoms. The molecule has 0 radical (unpaired) electrons. The van der Waals surface area contributed by atoms with Crippen molar-refractivity contribution in [3.05, 3.63) is 48.8 Å². The third kappa shape index (κ3) is 3.26. The van der Waals surface area contributed by atoms with Gasteiger partial charge in [-0.15, -0.1) is 0 Å². The maximum absolute atomic E-state index is 14.4. The number of aryl methyl sites for hydroxylation is 1. The van der Waals surface area contributed by atoms with Gasteiger partial charge in [0.1, 0.15) is 17.9 Å². The van der Waals surface area contributed by atoms with Gasteiger partial charge in [-0.25, -0.2) is 14.4 Å². The molecule has 0 spiro atoms. The van der Waals surface area contributed by atoms with Gasteiger partial charge in [-0.2, -0.15) is 5.10 Å². The van der Waals surface area contributed by atoms with E-state index in [1.807, 2.05) is 29.9 Å². The summed E-state index contributed by atoms with van der Waals surface area (Å²) in [6.45, 7) is 1.72. The number of nitrogens with one attached hydrogen (secondary N) is 2. The van der Waals surface area contributed by atoms with Crippen molar-refractivity contribution < 1.29 is 9.13 Å². The summed E-state index contributed by atoms with van der Waals surface area (Å²) in [5.74, 6) is 1.19. The first-order chi connectivity index (χ1) is 14.6. The van der Waals surface area contributed by atoms with Gasteiger partial charge in [-0.05, 0) is 31.2 Å². The Labute approximate surface area is 172 Å². The fourth-order valence-corrected chi connectivity index (χ4v) is 3.81. The zero-order valence-electron chi connectivity index (χ0n) is 16.8. The highest BCUT2D eigenvalue weighted by atomic mass is 19.1. The average Bonchev–Trinajstić information content (AvgIpc) is 3.49. The molecule has 4 aromatic rings. The van der Waals surface area contributed by atoms with Crippen molar-refractivity contribution in [1.29, 1.82) is 0 Å². The van der Waals surface area contributed by atoms with Crippen LogP contribution in [0.5, 0.6) is 5.75 Å². The predicted molar refractivity (Wildman–Crippen MR) is 112 cm³/mol. The van der Waals surface area contributed by atoms with E-state index in [-0.39, 0.29) is 17.7 Å². The number of fused-ring (bicyclic) bond motifs is 1. The smallest absolute Gasteiger partial charge is 0.165 e. The van der Waals surface area contributed by atoms with Crippen molar-refractivity contribution in [2.24, 2.45) is 7.05 Å². The third-order valence-corrected chi connectivity index (χ3v) is 5.36. The second kappa shape index (κ2) is 7.42. The first-order valence-corrected chi connectivity index (χ1v) is 9.80. The highest BCUT2D eigenvalue weighted by molar-refractivity contribution is 5.87. The Morgan fingerprint density at radius 2 is 2.20 bits per heavy atom. The molecule has 8 nitrogen and oxygen atoms in total. The van der Waals surface area contributed by atoms with E-state index >= 15 is 0 Å². The van der Waals surface area contributed by atoms with E-state index in [9.17, 15) is 4.39 Å². The number of halogens is 1. The van der Waals surface area contributed by atoms with E-state index < -0.39 is 0 Å². The lowest BCUT2D eigenvalue weighted by atomic mass is 10.1. The lowest BCUT2D eigenvalue weighted by Crippen LogP contribution is -2.23. The summed E-state index contributed by atoms with van der Waals surface area (Å²) >= 11 is 0. The second-order valence-corrected chi connectivity index (χ2v) is 7.39. The maximum Gasteiger partial charge on any atom is 0.165 e. The standard InChI is InChI=1S/C21H22FN7O/c1-28-11-13(9-25-28)15-7-18-17(8-19(15)30-2)24-12-29(18)20-4-3-16(22)21(27-20)26-14-5-6-23-10-14/h3-4,7-9,11-12,14,23H,5-6,10H2,1-2H3,(H,26,27). The van der Waals surface area contributed by atoms with Gasteiger partial charge in [-0.3, -0.25) is 9.25 Å². The molecule has 0 amide bonds. The van der Waals surface area contributed by atoms with Crippen LogP contribution >= 0.6 is 0 Å².